The highest BCUT2D eigenvalue weighted by Gasteiger charge is 2.01. The molecule has 0 bridgehead atoms. The summed E-state index contributed by atoms with van der Waals surface area (Å²) in [4.78, 5) is 4.20. The number of furan rings is 1. The third-order valence-corrected chi connectivity index (χ3v) is 3.59. The summed E-state index contributed by atoms with van der Waals surface area (Å²) in [6, 6.07) is 12.0. The second kappa shape index (κ2) is 5.35. The lowest BCUT2D eigenvalue weighted by molar-refractivity contribution is 0.616. The molecular weight excluding hydrogens is 372 g/mol. The van der Waals surface area contributed by atoms with E-state index in [9.17, 15) is 0 Å². The maximum Gasteiger partial charge on any atom is 0.133 e. The number of hydrogen-bond donors (Lipinski definition) is 1. The van der Waals surface area contributed by atoms with E-state index in [-0.39, 0.29) is 0 Å². The van der Waals surface area contributed by atoms with Crippen LogP contribution in [0.4, 0.5) is 5.69 Å². The van der Waals surface area contributed by atoms with Crippen LogP contribution in [-0.4, -0.2) is 4.98 Å². The van der Waals surface area contributed by atoms with Gasteiger partial charge in [-0.25, -0.2) is 4.98 Å². The fourth-order valence-corrected chi connectivity index (χ4v) is 3.01. The number of anilines is 1. The van der Waals surface area contributed by atoms with Gasteiger partial charge in [0.1, 0.15) is 14.8 Å². The van der Waals surface area contributed by atoms with Gasteiger partial charge >= 0.3 is 0 Å². The number of pyridine rings is 1. The minimum Gasteiger partial charge on any atom is -0.464 e. The molecule has 2 aromatic heterocycles. The van der Waals surface area contributed by atoms with Crippen molar-refractivity contribution >= 4 is 48.5 Å². The van der Waals surface area contributed by atoms with E-state index in [0.717, 1.165) is 32.4 Å². The zero-order valence-corrected chi connectivity index (χ0v) is 13.0. The van der Waals surface area contributed by atoms with Gasteiger partial charge in [-0.3, -0.25) is 0 Å². The number of halogens is 2. The number of benzene rings is 1. The third kappa shape index (κ3) is 2.98. The molecule has 0 spiro atoms. The van der Waals surface area contributed by atoms with Crippen LogP contribution in [-0.2, 0) is 6.54 Å². The van der Waals surface area contributed by atoms with E-state index >= 15 is 0 Å². The summed E-state index contributed by atoms with van der Waals surface area (Å²) >= 11 is 6.75. The lowest BCUT2D eigenvalue weighted by Gasteiger charge is -2.07. The molecule has 0 aliphatic rings. The Morgan fingerprint density at radius 3 is 2.63 bits per heavy atom. The molecule has 0 unspecified atom stereocenters. The Bertz CT molecular complexity index is 704. The summed E-state index contributed by atoms with van der Waals surface area (Å²) in [5.74, 6) is 0. The van der Waals surface area contributed by atoms with E-state index in [1.807, 2.05) is 24.3 Å². The average Bonchev–Trinajstić information content (AvgIpc) is 2.82. The molecule has 0 radical (unpaired) electrons. The van der Waals surface area contributed by atoms with Crippen LogP contribution in [0.3, 0.4) is 0 Å². The van der Waals surface area contributed by atoms with Crippen molar-refractivity contribution < 1.29 is 4.42 Å². The van der Waals surface area contributed by atoms with Crippen molar-refractivity contribution in [1.29, 1.82) is 0 Å². The number of fused-ring (bicyclic) bond motifs is 1. The normalized spacial score (nSPS) is 10.8. The minimum absolute atomic E-state index is 0.754. The monoisotopic (exact) mass is 380 g/mol. The molecule has 1 N–H and O–H groups in total. The highest BCUT2D eigenvalue weighted by atomic mass is 79.9. The van der Waals surface area contributed by atoms with Crippen molar-refractivity contribution in [3.63, 3.8) is 0 Å². The zero-order valence-electron chi connectivity index (χ0n) is 9.86. The molecule has 0 atom stereocenters. The van der Waals surface area contributed by atoms with Gasteiger partial charge in [0.05, 0.1) is 6.26 Å². The number of nitrogens with one attached hydrogen (secondary N) is 1. The van der Waals surface area contributed by atoms with Crippen LogP contribution < -0.4 is 5.32 Å². The first-order chi connectivity index (χ1) is 9.20. The molecule has 3 aromatic rings. The number of nitrogens with zero attached hydrogens (tertiary/aromatic N) is 1. The maximum absolute atomic E-state index is 5.33. The summed E-state index contributed by atoms with van der Waals surface area (Å²) < 4.78 is 6.93. The largest absolute Gasteiger partial charge is 0.464 e. The van der Waals surface area contributed by atoms with E-state index in [1.165, 1.54) is 5.56 Å². The lowest BCUT2D eigenvalue weighted by Crippen LogP contribution is -1.99. The molecule has 0 amide bonds. The van der Waals surface area contributed by atoms with Crippen LogP contribution in [0.2, 0.25) is 0 Å². The summed E-state index contributed by atoms with van der Waals surface area (Å²) in [5, 5.41) is 4.49. The van der Waals surface area contributed by atoms with Gasteiger partial charge in [0, 0.05) is 17.6 Å². The topological polar surface area (TPSA) is 38.1 Å². The molecule has 0 saturated heterocycles. The van der Waals surface area contributed by atoms with Crippen LogP contribution in [0.5, 0.6) is 0 Å². The summed E-state index contributed by atoms with van der Waals surface area (Å²) in [6.45, 7) is 0.754. The van der Waals surface area contributed by atoms with Crippen molar-refractivity contribution in [1.82, 2.24) is 4.98 Å². The van der Waals surface area contributed by atoms with Crippen LogP contribution >= 0.6 is 31.9 Å². The predicted octanol–water partition coefficient (Wildman–Crippen LogP) is 4.96. The fraction of sp³-hybridized carbons (Fsp3) is 0.0714. The first-order valence-corrected chi connectivity index (χ1v) is 7.32. The van der Waals surface area contributed by atoms with Gasteiger partial charge in [-0.2, -0.15) is 0 Å². The van der Waals surface area contributed by atoms with Crippen LogP contribution in [0.15, 0.2) is 56.3 Å². The molecule has 0 aliphatic carbocycles. The van der Waals surface area contributed by atoms with Gasteiger partial charge in [-0.15, -0.1) is 0 Å². The molecule has 5 heteroatoms. The Morgan fingerprint density at radius 2 is 1.84 bits per heavy atom. The molecule has 0 aliphatic heterocycles. The molecular formula is C14H10Br2N2O. The number of aromatic nitrogens is 1. The van der Waals surface area contributed by atoms with Crippen LogP contribution in [0, 0.1) is 0 Å². The SMILES string of the molecule is Brc1cc(NCc2ccc3occc3c2)cc(Br)n1. The Labute approximate surface area is 127 Å². The second-order valence-corrected chi connectivity index (χ2v) is 5.77. The molecule has 2 heterocycles. The maximum atomic E-state index is 5.33. The minimum atomic E-state index is 0.754. The predicted molar refractivity (Wildman–Crippen MR) is 83.2 cm³/mol. The van der Waals surface area contributed by atoms with Gasteiger partial charge in [0.15, 0.2) is 0 Å². The van der Waals surface area contributed by atoms with Crippen molar-refractivity contribution in [2.45, 2.75) is 6.54 Å². The van der Waals surface area contributed by atoms with E-state index < -0.39 is 0 Å². The first-order valence-electron chi connectivity index (χ1n) is 5.74. The molecule has 0 fully saturated rings. The van der Waals surface area contributed by atoms with E-state index in [1.54, 1.807) is 6.26 Å². The van der Waals surface area contributed by atoms with Crippen molar-refractivity contribution in [2.24, 2.45) is 0 Å². The standard InChI is InChI=1S/C14H10Br2N2O/c15-13-6-11(7-14(16)18-13)17-8-9-1-2-12-10(5-9)3-4-19-12/h1-7H,8H2,(H,17,18). The lowest BCUT2D eigenvalue weighted by atomic mass is 10.1. The third-order valence-electron chi connectivity index (χ3n) is 2.78. The molecule has 1 aromatic carbocycles. The van der Waals surface area contributed by atoms with Crippen molar-refractivity contribution in [3.05, 3.63) is 57.4 Å². The first kappa shape index (κ1) is 12.7. The summed E-state index contributed by atoms with van der Waals surface area (Å²) in [5.41, 5.74) is 3.14. The van der Waals surface area contributed by atoms with Crippen LogP contribution in [0.25, 0.3) is 11.0 Å². The molecule has 96 valence electrons. The van der Waals surface area contributed by atoms with E-state index in [2.05, 4.69) is 54.3 Å². The highest BCUT2D eigenvalue weighted by Crippen LogP contribution is 2.21. The quantitative estimate of drug-likeness (QED) is 0.651. The van der Waals surface area contributed by atoms with Gasteiger partial charge in [0.2, 0.25) is 0 Å². The summed E-state index contributed by atoms with van der Waals surface area (Å²) in [7, 11) is 0. The number of rotatable bonds is 3. The average molecular weight is 382 g/mol. The van der Waals surface area contributed by atoms with Gasteiger partial charge < -0.3 is 9.73 Å². The number of hydrogen-bond acceptors (Lipinski definition) is 3. The Hall–Kier alpha value is -1.33. The summed E-state index contributed by atoms with van der Waals surface area (Å²) in [6.07, 6.45) is 1.71. The van der Waals surface area contributed by atoms with E-state index in [0.29, 0.717) is 0 Å². The van der Waals surface area contributed by atoms with Crippen molar-refractivity contribution in [3.8, 4) is 0 Å². The van der Waals surface area contributed by atoms with Gasteiger partial charge in [-0.05, 0) is 67.8 Å². The highest BCUT2D eigenvalue weighted by molar-refractivity contribution is 9.11. The molecule has 3 nitrogen and oxygen atoms in total. The van der Waals surface area contributed by atoms with Gasteiger partial charge in [0.25, 0.3) is 0 Å². The molecule has 19 heavy (non-hydrogen) atoms. The smallest absolute Gasteiger partial charge is 0.133 e. The van der Waals surface area contributed by atoms with Gasteiger partial charge in [-0.1, -0.05) is 6.07 Å². The molecule has 3 rings (SSSR count). The molecule has 0 saturated carbocycles. The Kier molecular flexibility index (Phi) is 3.57. The Balaban J connectivity index is 1.77. The van der Waals surface area contributed by atoms with Crippen molar-refractivity contribution in [2.75, 3.05) is 5.32 Å². The zero-order chi connectivity index (χ0) is 13.2. The Morgan fingerprint density at radius 1 is 1.05 bits per heavy atom. The van der Waals surface area contributed by atoms with Crippen LogP contribution in [0.1, 0.15) is 5.56 Å². The second-order valence-electron chi connectivity index (χ2n) is 4.15. The fourth-order valence-electron chi connectivity index (χ4n) is 1.90. The van der Waals surface area contributed by atoms with E-state index in [4.69, 9.17) is 4.42 Å².